The predicted molar refractivity (Wildman–Crippen MR) is 77.0 cm³/mol. The Balaban J connectivity index is 1.52. The minimum absolute atomic E-state index is 0.492. The van der Waals surface area contributed by atoms with Gasteiger partial charge in [0.05, 0.1) is 6.20 Å². The van der Waals surface area contributed by atoms with Crippen molar-refractivity contribution in [2.45, 2.75) is 38.5 Å². The van der Waals surface area contributed by atoms with Gasteiger partial charge < -0.3 is 5.32 Å². The lowest BCUT2D eigenvalue weighted by Gasteiger charge is -2.57. The summed E-state index contributed by atoms with van der Waals surface area (Å²) in [5.41, 5.74) is 1.16. The van der Waals surface area contributed by atoms with E-state index < -0.39 is 0 Å². The highest BCUT2D eigenvalue weighted by atomic mass is 15.3. The van der Waals surface area contributed by atoms with Gasteiger partial charge in [-0.15, -0.1) is 0 Å². The molecule has 4 heteroatoms. The van der Waals surface area contributed by atoms with Crippen molar-refractivity contribution >= 4 is 5.82 Å². The first-order chi connectivity index (χ1) is 9.67. The third-order valence-corrected chi connectivity index (χ3v) is 5.86. The van der Waals surface area contributed by atoms with Crippen molar-refractivity contribution in [3.05, 3.63) is 11.8 Å². The van der Waals surface area contributed by atoms with E-state index in [4.69, 9.17) is 5.26 Å². The van der Waals surface area contributed by atoms with Gasteiger partial charge in [0.2, 0.25) is 0 Å². The summed E-state index contributed by atoms with van der Waals surface area (Å²) in [5.74, 6) is 3.82. The highest BCUT2D eigenvalue weighted by molar-refractivity contribution is 5.51. The quantitative estimate of drug-likeness (QED) is 0.918. The Morgan fingerprint density at radius 3 is 2.45 bits per heavy atom. The Morgan fingerprint density at radius 1 is 1.30 bits per heavy atom. The van der Waals surface area contributed by atoms with Crippen LogP contribution in [0.2, 0.25) is 0 Å². The Labute approximate surface area is 120 Å². The van der Waals surface area contributed by atoms with Gasteiger partial charge in [-0.05, 0) is 61.7 Å². The SMILES string of the molecule is Cn1ncc(C#N)c1NCC12CC3CC(CC(C3)C1)C2. The molecule has 0 atom stereocenters. The van der Waals surface area contributed by atoms with Crippen molar-refractivity contribution in [2.24, 2.45) is 30.2 Å². The van der Waals surface area contributed by atoms with E-state index in [1.54, 1.807) is 10.9 Å². The molecule has 1 N–H and O–H groups in total. The minimum atomic E-state index is 0.492. The molecule has 0 aliphatic heterocycles. The number of aryl methyl sites for hydroxylation is 1. The van der Waals surface area contributed by atoms with Crippen molar-refractivity contribution in [3.63, 3.8) is 0 Å². The molecule has 1 heterocycles. The highest BCUT2D eigenvalue weighted by Gasteiger charge is 2.50. The molecule has 106 valence electrons. The molecule has 4 saturated carbocycles. The fraction of sp³-hybridized carbons (Fsp3) is 0.750. The zero-order valence-corrected chi connectivity index (χ0v) is 12.1. The lowest BCUT2D eigenvalue weighted by Crippen LogP contribution is -2.49. The Hall–Kier alpha value is -1.50. The predicted octanol–water partition coefficient (Wildman–Crippen LogP) is 2.92. The van der Waals surface area contributed by atoms with Crippen LogP contribution in [0.3, 0.4) is 0 Å². The van der Waals surface area contributed by atoms with Crippen LogP contribution in [0.5, 0.6) is 0 Å². The zero-order valence-electron chi connectivity index (χ0n) is 12.1. The molecule has 0 aromatic carbocycles. The van der Waals surface area contributed by atoms with E-state index in [2.05, 4.69) is 16.5 Å². The highest BCUT2D eigenvalue weighted by Crippen LogP contribution is 2.59. The van der Waals surface area contributed by atoms with Crippen LogP contribution in [0.1, 0.15) is 44.1 Å². The number of aromatic nitrogens is 2. The van der Waals surface area contributed by atoms with Crippen LogP contribution in [-0.4, -0.2) is 16.3 Å². The lowest BCUT2D eigenvalue weighted by atomic mass is 9.49. The van der Waals surface area contributed by atoms with Gasteiger partial charge in [-0.3, -0.25) is 4.68 Å². The van der Waals surface area contributed by atoms with Crippen LogP contribution in [-0.2, 0) is 7.05 Å². The molecule has 0 amide bonds. The number of nitriles is 1. The summed E-state index contributed by atoms with van der Waals surface area (Å²) < 4.78 is 1.79. The van der Waals surface area contributed by atoms with Crippen LogP contribution < -0.4 is 5.32 Å². The Morgan fingerprint density at radius 2 is 1.90 bits per heavy atom. The first-order valence-corrected chi connectivity index (χ1v) is 7.83. The van der Waals surface area contributed by atoms with Gasteiger partial charge in [-0.25, -0.2) is 0 Å². The normalized spacial score (nSPS) is 37.9. The molecule has 5 rings (SSSR count). The zero-order chi connectivity index (χ0) is 13.7. The Bertz CT molecular complexity index is 530. The Kier molecular flexibility index (Phi) is 2.60. The molecule has 4 aliphatic rings. The summed E-state index contributed by atoms with van der Waals surface area (Å²) in [4.78, 5) is 0. The third-order valence-electron chi connectivity index (χ3n) is 5.86. The number of anilines is 1. The third kappa shape index (κ3) is 1.83. The number of hydrogen-bond donors (Lipinski definition) is 1. The van der Waals surface area contributed by atoms with E-state index in [9.17, 15) is 0 Å². The van der Waals surface area contributed by atoms with Crippen molar-refractivity contribution < 1.29 is 0 Å². The van der Waals surface area contributed by atoms with Crippen molar-refractivity contribution in [3.8, 4) is 6.07 Å². The average Bonchev–Trinajstić information content (AvgIpc) is 2.75. The number of nitrogens with zero attached hydrogens (tertiary/aromatic N) is 3. The molecule has 20 heavy (non-hydrogen) atoms. The van der Waals surface area contributed by atoms with Crippen molar-refractivity contribution in [2.75, 3.05) is 11.9 Å². The van der Waals surface area contributed by atoms with E-state index in [0.717, 1.165) is 30.1 Å². The van der Waals surface area contributed by atoms with Gasteiger partial charge >= 0.3 is 0 Å². The molecule has 0 radical (unpaired) electrons. The second-order valence-electron chi connectivity index (χ2n) is 7.41. The summed E-state index contributed by atoms with van der Waals surface area (Å²) in [6.45, 7) is 1.02. The monoisotopic (exact) mass is 270 g/mol. The molecule has 4 nitrogen and oxygen atoms in total. The van der Waals surface area contributed by atoms with Crippen LogP contribution in [0.4, 0.5) is 5.82 Å². The summed E-state index contributed by atoms with van der Waals surface area (Å²) in [7, 11) is 1.91. The van der Waals surface area contributed by atoms with E-state index in [1.165, 1.54) is 38.5 Å². The second kappa shape index (κ2) is 4.25. The topological polar surface area (TPSA) is 53.6 Å². The van der Waals surface area contributed by atoms with Crippen molar-refractivity contribution in [1.29, 1.82) is 5.26 Å². The van der Waals surface area contributed by atoms with Gasteiger partial charge in [-0.2, -0.15) is 10.4 Å². The number of rotatable bonds is 3. The standard InChI is InChI=1S/C16H22N4/c1-20-15(14(8-17)9-19-20)18-10-16-5-11-2-12(6-16)4-13(3-11)7-16/h9,11-13,18H,2-7,10H2,1H3. The van der Waals surface area contributed by atoms with Crippen LogP contribution in [0.25, 0.3) is 0 Å². The van der Waals surface area contributed by atoms with Gasteiger partial charge in [0.25, 0.3) is 0 Å². The van der Waals surface area contributed by atoms with E-state index in [1.807, 2.05) is 7.05 Å². The van der Waals surface area contributed by atoms with E-state index in [0.29, 0.717) is 11.0 Å². The van der Waals surface area contributed by atoms with E-state index in [-0.39, 0.29) is 0 Å². The smallest absolute Gasteiger partial charge is 0.142 e. The summed E-state index contributed by atoms with van der Waals surface area (Å²) in [5, 5.41) is 16.9. The van der Waals surface area contributed by atoms with Gasteiger partial charge in [0.1, 0.15) is 17.5 Å². The number of nitrogens with one attached hydrogen (secondary N) is 1. The van der Waals surface area contributed by atoms with Crippen LogP contribution in [0.15, 0.2) is 6.20 Å². The first kappa shape index (κ1) is 12.3. The average molecular weight is 270 g/mol. The number of hydrogen-bond acceptors (Lipinski definition) is 3. The van der Waals surface area contributed by atoms with Gasteiger partial charge in [-0.1, -0.05) is 0 Å². The minimum Gasteiger partial charge on any atom is -0.369 e. The van der Waals surface area contributed by atoms with Crippen LogP contribution in [0, 0.1) is 34.5 Å². The molecule has 0 unspecified atom stereocenters. The molecule has 4 fully saturated rings. The van der Waals surface area contributed by atoms with E-state index >= 15 is 0 Å². The fourth-order valence-electron chi connectivity index (χ4n) is 5.51. The first-order valence-electron chi connectivity index (χ1n) is 7.83. The summed E-state index contributed by atoms with van der Waals surface area (Å²) in [6, 6.07) is 2.23. The molecule has 4 aliphatic carbocycles. The van der Waals surface area contributed by atoms with Crippen molar-refractivity contribution in [1.82, 2.24) is 9.78 Å². The summed E-state index contributed by atoms with van der Waals surface area (Å²) in [6.07, 6.45) is 10.3. The maximum Gasteiger partial charge on any atom is 0.142 e. The molecule has 1 aromatic heterocycles. The maximum absolute atomic E-state index is 9.15. The molecule has 4 bridgehead atoms. The lowest BCUT2D eigenvalue weighted by molar-refractivity contribution is -0.0445. The molecular formula is C16H22N4. The molecule has 0 spiro atoms. The maximum atomic E-state index is 9.15. The summed E-state index contributed by atoms with van der Waals surface area (Å²) >= 11 is 0. The van der Waals surface area contributed by atoms with Gasteiger partial charge in [0.15, 0.2) is 0 Å². The van der Waals surface area contributed by atoms with Gasteiger partial charge in [0, 0.05) is 13.6 Å². The largest absolute Gasteiger partial charge is 0.369 e. The molecular weight excluding hydrogens is 248 g/mol. The van der Waals surface area contributed by atoms with Crippen LogP contribution >= 0.6 is 0 Å². The second-order valence-corrected chi connectivity index (χ2v) is 7.41. The molecule has 0 saturated heterocycles. The fourth-order valence-corrected chi connectivity index (χ4v) is 5.51. The molecule has 1 aromatic rings.